The van der Waals surface area contributed by atoms with Gasteiger partial charge in [0.1, 0.15) is 5.82 Å². The zero-order valence-electron chi connectivity index (χ0n) is 11.6. The molecular formula is C15H19FN2O2. The van der Waals surface area contributed by atoms with Crippen LogP contribution in [0.1, 0.15) is 36.5 Å². The van der Waals surface area contributed by atoms with E-state index in [1.165, 1.54) is 12.5 Å². The molecule has 2 unspecified atom stereocenters. The van der Waals surface area contributed by atoms with Crippen LogP contribution in [0.25, 0.3) is 0 Å². The molecule has 4 nitrogen and oxygen atoms in total. The van der Waals surface area contributed by atoms with Crippen molar-refractivity contribution in [3.05, 3.63) is 23.5 Å². The molecule has 20 heavy (non-hydrogen) atoms. The predicted molar refractivity (Wildman–Crippen MR) is 75.2 cm³/mol. The number of esters is 1. The molecule has 1 aromatic carbocycles. The van der Waals surface area contributed by atoms with E-state index in [9.17, 15) is 9.18 Å². The van der Waals surface area contributed by atoms with Crippen LogP contribution in [-0.2, 0) is 4.74 Å². The molecule has 2 fully saturated rings. The Labute approximate surface area is 117 Å². The van der Waals surface area contributed by atoms with Crippen molar-refractivity contribution in [3.63, 3.8) is 0 Å². The van der Waals surface area contributed by atoms with Crippen molar-refractivity contribution >= 4 is 17.3 Å². The molecule has 2 atom stereocenters. The quantitative estimate of drug-likeness (QED) is 0.682. The number of piperidine rings is 1. The zero-order chi connectivity index (χ0) is 14.3. The predicted octanol–water partition coefficient (Wildman–Crippen LogP) is 2.57. The number of halogens is 1. The maximum absolute atomic E-state index is 14.2. The Balaban J connectivity index is 1.94. The van der Waals surface area contributed by atoms with Gasteiger partial charge < -0.3 is 15.4 Å². The lowest BCUT2D eigenvalue weighted by Gasteiger charge is -2.30. The first-order chi connectivity index (χ1) is 9.60. The van der Waals surface area contributed by atoms with Gasteiger partial charge in [0.25, 0.3) is 0 Å². The number of anilines is 2. The summed E-state index contributed by atoms with van der Waals surface area (Å²) in [5.41, 5.74) is 6.61. The molecule has 0 amide bonds. The largest absolute Gasteiger partial charge is 0.462 e. The van der Waals surface area contributed by atoms with Crippen molar-refractivity contribution in [1.29, 1.82) is 0 Å². The topological polar surface area (TPSA) is 55.6 Å². The van der Waals surface area contributed by atoms with E-state index in [4.69, 9.17) is 10.5 Å². The third kappa shape index (κ3) is 2.11. The first kappa shape index (κ1) is 13.2. The number of nitrogens with two attached hydrogens (primary N) is 1. The van der Waals surface area contributed by atoms with Gasteiger partial charge in [-0.3, -0.25) is 0 Å². The van der Waals surface area contributed by atoms with Crippen molar-refractivity contribution in [2.75, 3.05) is 23.8 Å². The Hall–Kier alpha value is -1.78. The summed E-state index contributed by atoms with van der Waals surface area (Å²) in [6.45, 7) is 2.88. The van der Waals surface area contributed by atoms with Crippen molar-refractivity contribution in [2.24, 2.45) is 5.92 Å². The summed E-state index contributed by atoms with van der Waals surface area (Å²) in [5.74, 6) is -0.193. The van der Waals surface area contributed by atoms with Crippen LogP contribution < -0.4 is 10.6 Å². The van der Waals surface area contributed by atoms with Crippen molar-refractivity contribution < 1.29 is 13.9 Å². The second-order valence-corrected chi connectivity index (χ2v) is 5.60. The summed E-state index contributed by atoms with van der Waals surface area (Å²) in [6, 6.07) is 3.17. The number of nitrogen functional groups attached to an aromatic ring is 1. The Bertz CT molecular complexity index is 547. The second kappa shape index (κ2) is 4.96. The Morgan fingerprint density at radius 1 is 1.50 bits per heavy atom. The number of fused-ring (bicyclic) bond motifs is 2. The van der Waals surface area contributed by atoms with E-state index >= 15 is 0 Å². The molecular weight excluding hydrogens is 259 g/mol. The van der Waals surface area contributed by atoms with Gasteiger partial charge in [-0.2, -0.15) is 0 Å². The first-order valence-corrected chi connectivity index (χ1v) is 7.13. The highest BCUT2D eigenvalue weighted by Gasteiger charge is 2.39. The Morgan fingerprint density at radius 2 is 2.30 bits per heavy atom. The molecule has 1 aliphatic carbocycles. The fraction of sp³-hybridized carbons (Fsp3) is 0.533. The molecule has 5 heteroatoms. The van der Waals surface area contributed by atoms with Crippen molar-refractivity contribution in [1.82, 2.24) is 0 Å². The molecule has 1 saturated carbocycles. The molecule has 108 valence electrons. The van der Waals surface area contributed by atoms with Gasteiger partial charge in [-0.25, -0.2) is 9.18 Å². The smallest absolute Gasteiger partial charge is 0.340 e. The SMILES string of the molecule is CCOC(=O)c1cc(N2CC3CCC2C3)c(F)cc1N. The third-order valence-electron chi connectivity index (χ3n) is 4.33. The molecule has 2 bridgehead atoms. The van der Waals surface area contributed by atoms with Crippen LogP contribution in [-0.4, -0.2) is 25.2 Å². The number of ether oxygens (including phenoxy) is 1. The molecule has 2 N–H and O–H groups in total. The van der Waals surface area contributed by atoms with E-state index in [-0.39, 0.29) is 23.7 Å². The summed E-state index contributed by atoms with van der Waals surface area (Å²) in [5, 5.41) is 0. The molecule has 1 aromatic rings. The minimum absolute atomic E-state index is 0.133. The maximum Gasteiger partial charge on any atom is 0.340 e. The van der Waals surface area contributed by atoms with Crippen LogP contribution in [0.15, 0.2) is 12.1 Å². The number of hydrogen-bond acceptors (Lipinski definition) is 4. The van der Waals surface area contributed by atoms with Gasteiger partial charge in [-0.15, -0.1) is 0 Å². The fourth-order valence-corrected chi connectivity index (χ4v) is 3.40. The maximum atomic E-state index is 14.2. The molecule has 0 spiro atoms. The van der Waals surface area contributed by atoms with Crippen LogP contribution in [0, 0.1) is 11.7 Å². The summed E-state index contributed by atoms with van der Waals surface area (Å²) in [6.07, 6.45) is 3.45. The van der Waals surface area contributed by atoms with Gasteiger partial charge in [0.2, 0.25) is 0 Å². The lowest BCUT2D eigenvalue weighted by Crippen LogP contribution is -2.32. The zero-order valence-corrected chi connectivity index (χ0v) is 11.6. The molecule has 2 aliphatic rings. The number of benzene rings is 1. The number of nitrogens with zero attached hydrogens (tertiary/aromatic N) is 1. The van der Waals surface area contributed by atoms with E-state index in [2.05, 4.69) is 4.90 Å². The number of carbonyl (C=O) groups excluding carboxylic acids is 1. The summed E-state index contributed by atoms with van der Waals surface area (Å²) < 4.78 is 19.2. The molecule has 1 heterocycles. The first-order valence-electron chi connectivity index (χ1n) is 7.13. The minimum atomic E-state index is -0.490. The summed E-state index contributed by atoms with van der Waals surface area (Å²) in [4.78, 5) is 13.9. The van der Waals surface area contributed by atoms with Crippen LogP contribution in [0.2, 0.25) is 0 Å². The third-order valence-corrected chi connectivity index (χ3v) is 4.33. The van der Waals surface area contributed by atoms with Gasteiger partial charge in [-0.05, 0) is 44.2 Å². The Kier molecular flexibility index (Phi) is 3.28. The molecule has 3 rings (SSSR count). The van der Waals surface area contributed by atoms with E-state index in [0.29, 0.717) is 17.6 Å². The number of carbonyl (C=O) groups is 1. The monoisotopic (exact) mass is 278 g/mol. The van der Waals surface area contributed by atoms with E-state index in [0.717, 1.165) is 19.4 Å². The summed E-state index contributed by atoms with van der Waals surface area (Å²) >= 11 is 0. The van der Waals surface area contributed by atoms with Gasteiger partial charge in [-0.1, -0.05) is 0 Å². The highest BCUT2D eigenvalue weighted by atomic mass is 19.1. The van der Waals surface area contributed by atoms with Gasteiger partial charge in [0.15, 0.2) is 0 Å². The highest BCUT2D eigenvalue weighted by molar-refractivity contribution is 5.96. The van der Waals surface area contributed by atoms with E-state index in [1.807, 2.05) is 0 Å². The van der Waals surface area contributed by atoms with Crippen molar-refractivity contribution in [2.45, 2.75) is 32.2 Å². The van der Waals surface area contributed by atoms with Gasteiger partial charge in [0, 0.05) is 18.3 Å². The fourth-order valence-electron chi connectivity index (χ4n) is 3.40. The van der Waals surface area contributed by atoms with E-state index < -0.39 is 5.97 Å². The average molecular weight is 278 g/mol. The molecule has 0 radical (unpaired) electrons. The molecule has 1 saturated heterocycles. The normalized spacial score (nSPS) is 24.2. The summed E-state index contributed by atoms with van der Waals surface area (Å²) in [7, 11) is 0. The molecule has 1 aliphatic heterocycles. The van der Waals surface area contributed by atoms with Gasteiger partial charge >= 0.3 is 5.97 Å². The highest BCUT2D eigenvalue weighted by Crippen LogP contribution is 2.41. The number of hydrogen-bond donors (Lipinski definition) is 1. The van der Waals surface area contributed by atoms with Crippen LogP contribution in [0.3, 0.4) is 0 Å². The van der Waals surface area contributed by atoms with Crippen LogP contribution >= 0.6 is 0 Å². The lowest BCUT2D eigenvalue weighted by molar-refractivity contribution is 0.0527. The van der Waals surface area contributed by atoms with Crippen molar-refractivity contribution in [3.8, 4) is 0 Å². The second-order valence-electron chi connectivity index (χ2n) is 5.60. The number of rotatable bonds is 3. The minimum Gasteiger partial charge on any atom is -0.462 e. The van der Waals surface area contributed by atoms with Crippen LogP contribution in [0.5, 0.6) is 0 Å². The average Bonchev–Trinajstić information content (AvgIpc) is 3.01. The standard InChI is InChI=1S/C15H19FN2O2/c1-2-20-15(19)11-6-14(12(16)7-13(11)17)18-8-9-3-4-10(18)5-9/h6-7,9-10H,2-5,8,17H2,1H3. The lowest BCUT2D eigenvalue weighted by atomic mass is 10.1. The van der Waals surface area contributed by atoms with E-state index in [1.54, 1.807) is 13.0 Å². The Morgan fingerprint density at radius 3 is 2.90 bits per heavy atom. The van der Waals surface area contributed by atoms with Crippen LogP contribution in [0.4, 0.5) is 15.8 Å². The molecule has 0 aromatic heterocycles. The van der Waals surface area contributed by atoms with Gasteiger partial charge in [0.05, 0.1) is 17.9 Å².